The van der Waals surface area contributed by atoms with Crippen LogP contribution >= 0.6 is 11.8 Å². The fourth-order valence-corrected chi connectivity index (χ4v) is 5.10. The molecule has 1 N–H and O–H groups in total. The van der Waals surface area contributed by atoms with Gasteiger partial charge in [-0.2, -0.15) is 0 Å². The lowest BCUT2D eigenvalue weighted by atomic mass is 10.0. The van der Waals surface area contributed by atoms with Gasteiger partial charge in [-0.25, -0.2) is 0 Å². The van der Waals surface area contributed by atoms with Crippen LogP contribution in [0, 0.1) is 5.92 Å². The molecule has 0 bridgehead atoms. The Morgan fingerprint density at radius 3 is 2.70 bits per heavy atom. The molecule has 1 fully saturated rings. The minimum Gasteiger partial charge on any atom is -0.349 e. The van der Waals surface area contributed by atoms with Gasteiger partial charge in [0.2, 0.25) is 11.8 Å². The van der Waals surface area contributed by atoms with E-state index in [0.717, 1.165) is 17.7 Å². The number of nitrogens with one attached hydrogen (secondary N) is 1. The molecule has 4 rings (SSSR count). The normalized spacial score (nSPS) is 23.0. The summed E-state index contributed by atoms with van der Waals surface area (Å²) in [7, 11) is 0. The van der Waals surface area contributed by atoms with Gasteiger partial charge in [-0.3, -0.25) is 9.59 Å². The molecule has 2 aliphatic rings. The number of fused-ring (bicyclic) bond motifs is 1. The summed E-state index contributed by atoms with van der Waals surface area (Å²) in [5, 5.41) is 3.21. The minimum atomic E-state index is -0.273. The number of thioether (sulfide) groups is 1. The molecule has 27 heavy (non-hydrogen) atoms. The van der Waals surface area contributed by atoms with Gasteiger partial charge in [0.05, 0.1) is 18.0 Å². The van der Waals surface area contributed by atoms with E-state index in [-0.39, 0.29) is 29.8 Å². The van der Waals surface area contributed by atoms with Crippen LogP contribution in [0.15, 0.2) is 59.5 Å². The maximum absolute atomic E-state index is 12.9. The first-order valence-electron chi connectivity index (χ1n) is 9.50. The predicted octanol–water partition coefficient (Wildman–Crippen LogP) is 3.95. The Morgan fingerprint density at radius 2 is 1.89 bits per heavy atom. The molecule has 2 aromatic rings. The van der Waals surface area contributed by atoms with Crippen LogP contribution in [0.1, 0.15) is 43.0 Å². The second kappa shape index (κ2) is 7.77. The SMILES string of the molecule is C[C@H](c1ccccc1)N1C[C@@H](C(=O)N[C@@H]2CCSc3ccccc32)CC1=O. The quantitative estimate of drug-likeness (QED) is 0.874. The number of hydrogen-bond acceptors (Lipinski definition) is 3. The zero-order valence-electron chi connectivity index (χ0n) is 15.4. The molecule has 3 atom stereocenters. The molecule has 0 spiro atoms. The third-order valence-corrected chi connectivity index (χ3v) is 6.68. The van der Waals surface area contributed by atoms with E-state index in [4.69, 9.17) is 0 Å². The molecule has 0 saturated carbocycles. The fourth-order valence-electron chi connectivity index (χ4n) is 3.97. The Kier molecular flexibility index (Phi) is 5.21. The lowest BCUT2D eigenvalue weighted by Gasteiger charge is -2.27. The average Bonchev–Trinajstić information content (AvgIpc) is 3.10. The number of rotatable bonds is 4. The summed E-state index contributed by atoms with van der Waals surface area (Å²) in [6.07, 6.45) is 1.23. The van der Waals surface area contributed by atoms with Crippen molar-refractivity contribution in [2.24, 2.45) is 5.92 Å². The molecule has 0 radical (unpaired) electrons. The fraction of sp³-hybridized carbons (Fsp3) is 0.364. The molecular weight excluding hydrogens is 356 g/mol. The Morgan fingerprint density at radius 1 is 1.15 bits per heavy atom. The highest BCUT2D eigenvalue weighted by Gasteiger charge is 2.38. The topological polar surface area (TPSA) is 49.4 Å². The first-order valence-corrected chi connectivity index (χ1v) is 10.5. The monoisotopic (exact) mass is 380 g/mol. The minimum absolute atomic E-state index is 0.00202. The zero-order valence-corrected chi connectivity index (χ0v) is 16.2. The molecule has 2 aliphatic heterocycles. The van der Waals surface area contributed by atoms with E-state index >= 15 is 0 Å². The molecule has 0 aliphatic carbocycles. The number of likely N-dealkylation sites (tertiary alicyclic amines) is 1. The number of amides is 2. The molecule has 4 nitrogen and oxygen atoms in total. The molecule has 5 heteroatoms. The van der Waals surface area contributed by atoms with Gasteiger partial charge in [-0.05, 0) is 30.5 Å². The van der Waals surface area contributed by atoms with Crippen molar-refractivity contribution >= 4 is 23.6 Å². The van der Waals surface area contributed by atoms with Gasteiger partial charge >= 0.3 is 0 Å². The van der Waals surface area contributed by atoms with Gasteiger partial charge in [0, 0.05) is 23.6 Å². The number of benzene rings is 2. The van der Waals surface area contributed by atoms with Gasteiger partial charge in [-0.15, -0.1) is 11.8 Å². The lowest BCUT2D eigenvalue weighted by Crippen LogP contribution is -2.37. The highest BCUT2D eigenvalue weighted by Crippen LogP contribution is 2.36. The second-order valence-electron chi connectivity index (χ2n) is 7.27. The summed E-state index contributed by atoms with van der Waals surface area (Å²) in [5.74, 6) is 0.789. The van der Waals surface area contributed by atoms with Gasteiger partial charge < -0.3 is 10.2 Å². The first-order chi connectivity index (χ1) is 13.1. The first kappa shape index (κ1) is 18.1. The van der Waals surface area contributed by atoms with Crippen LogP contribution in [0.5, 0.6) is 0 Å². The lowest BCUT2D eigenvalue weighted by molar-refractivity contribution is -0.130. The summed E-state index contributed by atoms with van der Waals surface area (Å²) in [6, 6.07) is 18.3. The second-order valence-corrected chi connectivity index (χ2v) is 8.41. The summed E-state index contributed by atoms with van der Waals surface area (Å²) < 4.78 is 0. The molecule has 140 valence electrons. The van der Waals surface area contributed by atoms with E-state index in [9.17, 15) is 9.59 Å². The van der Waals surface area contributed by atoms with Crippen molar-refractivity contribution in [1.82, 2.24) is 10.2 Å². The highest BCUT2D eigenvalue weighted by atomic mass is 32.2. The van der Waals surface area contributed by atoms with Crippen molar-refractivity contribution in [1.29, 1.82) is 0 Å². The van der Waals surface area contributed by atoms with E-state index in [1.165, 1.54) is 10.5 Å². The van der Waals surface area contributed by atoms with E-state index in [1.54, 1.807) is 0 Å². The average molecular weight is 381 g/mol. The summed E-state index contributed by atoms with van der Waals surface area (Å²) in [4.78, 5) is 28.5. The van der Waals surface area contributed by atoms with E-state index in [0.29, 0.717) is 13.0 Å². The van der Waals surface area contributed by atoms with E-state index in [2.05, 4.69) is 17.4 Å². The van der Waals surface area contributed by atoms with E-state index in [1.807, 2.05) is 66.1 Å². The number of nitrogens with zero attached hydrogens (tertiary/aromatic N) is 1. The molecule has 1 saturated heterocycles. The molecule has 0 aromatic heterocycles. The van der Waals surface area contributed by atoms with Crippen LogP contribution in [0.4, 0.5) is 0 Å². The van der Waals surface area contributed by atoms with Gasteiger partial charge in [0.1, 0.15) is 0 Å². The molecule has 0 unspecified atom stereocenters. The largest absolute Gasteiger partial charge is 0.349 e. The smallest absolute Gasteiger partial charge is 0.225 e. The van der Waals surface area contributed by atoms with Gasteiger partial charge in [0.25, 0.3) is 0 Å². The molecule has 2 heterocycles. The van der Waals surface area contributed by atoms with Crippen molar-refractivity contribution in [2.75, 3.05) is 12.3 Å². The predicted molar refractivity (Wildman–Crippen MR) is 107 cm³/mol. The molecule has 2 aromatic carbocycles. The summed E-state index contributed by atoms with van der Waals surface area (Å²) >= 11 is 1.84. The van der Waals surface area contributed by atoms with Crippen LogP contribution in [0.2, 0.25) is 0 Å². The van der Waals surface area contributed by atoms with Crippen molar-refractivity contribution in [3.05, 3.63) is 65.7 Å². The van der Waals surface area contributed by atoms with Crippen molar-refractivity contribution in [3.8, 4) is 0 Å². The summed E-state index contributed by atoms with van der Waals surface area (Å²) in [5.41, 5.74) is 2.30. The Balaban J connectivity index is 1.43. The van der Waals surface area contributed by atoms with Crippen molar-refractivity contribution in [3.63, 3.8) is 0 Å². The Hall–Kier alpha value is -2.27. The highest BCUT2D eigenvalue weighted by molar-refractivity contribution is 7.99. The molecule has 2 amide bonds. The number of carbonyl (C=O) groups is 2. The van der Waals surface area contributed by atoms with Crippen LogP contribution < -0.4 is 5.32 Å². The number of carbonyl (C=O) groups excluding carboxylic acids is 2. The van der Waals surface area contributed by atoms with Gasteiger partial charge in [-0.1, -0.05) is 48.5 Å². The Labute approximate surface area is 164 Å². The van der Waals surface area contributed by atoms with Crippen LogP contribution in [-0.4, -0.2) is 29.0 Å². The van der Waals surface area contributed by atoms with Gasteiger partial charge in [0.15, 0.2) is 0 Å². The van der Waals surface area contributed by atoms with Crippen LogP contribution in [-0.2, 0) is 9.59 Å². The number of hydrogen-bond donors (Lipinski definition) is 1. The maximum atomic E-state index is 12.9. The maximum Gasteiger partial charge on any atom is 0.225 e. The molecular formula is C22H24N2O2S. The third-order valence-electron chi connectivity index (χ3n) is 5.55. The van der Waals surface area contributed by atoms with Crippen molar-refractivity contribution < 1.29 is 9.59 Å². The van der Waals surface area contributed by atoms with E-state index < -0.39 is 0 Å². The standard InChI is InChI=1S/C22H24N2O2S/c1-15(16-7-3-2-4-8-16)24-14-17(13-21(24)25)22(26)23-19-11-12-27-20-10-6-5-9-18(19)20/h2-10,15,17,19H,11-14H2,1H3,(H,23,26)/t15-,17+,19-/m1/s1. The van der Waals surface area contributed by atoms with Crippen molar-refractivity contribution in [2.45, 2.75) is 36.7 Å². The zero-order chi connectivity index (χ0) is 18.8. The summed E-state index contributed by atoms with van der Waals surface area (Å²) in [6.45, 7) is 2.52. The van der Waals surface area contributed by atoms with Crippen LogP contribution in [0.3, 0.4) is 0 Å². The Bertz CT molecular complexity index is 839. The van der Waals surface area contributed by atoms with Crippen LogP contribution in [0.25, 0.3) is 0 Å². The third kappa shape index (κ3) is 3.74.